The Bertz CT molecular complexity index is 555. The highest BCUT2D eigenvalue weighted by atomic mass is 19.1. The van der Waals surface area contributed by atoms with Crippen molar-refractivity contribution in [3.63, 3.8) is 0 Å². The largest absolute Gasteiger partial charge is 0.393 e. The van der Waals surface area contributed by atoms with E-state index in [2.05, 4.69) is 9.97 Å². The van der Waals surface area contributed by atoms with E-state index in [-0.39, 0.29) is 11.9 Å². The molecule has 0 aliphatic heterocycles. The van der Waals surface area contributed by atoms with E-state index in [0.717, 1.165) is 37.7 Å². The van der Waals surface area contributed by atoms with Crippen LogP contribution in [-0.4, -0.2) is 21.2 Å². The van der Waals surface area contributed by atoms with Crippen LogP contribution in [-0.2, 0) is 6.42 Å². The molecule has 0 aliphatic carbocycles. The molecule has 0 amide bonds. The van der Waals surface area contributed by atoms with Crippen molar-refractivity contribution in [1.29, 1.82) is 0 Å². The number of benzene rings is 1. The van der Waals surface area contributed by atoms with Crippen LogP contribution < -0.4 is 0 Å². The van der Waals surface area contributed by atoms with Crippen molar-refractivity contribution in [2.24, 2.45) is 0 Å². The van der Waals surface area contributed by atoms with Crippen molar-refractivity contribution >= 4 is 0 Å². The molecule has 1 atom stereocenters. The molecule has 1 aromatic carbocycles. The van der Waals surface area contributed by atoms with E-state index < -0.39 is 0 Å². The molecule has 0 spiro atoms. The number of aryl methyl sites for hydroxylation is 1. The van der Waals surface area contributed by atoms with Crippen LogP contribution in [0.25, 0.3) is 11.4 Å². The van der Waals surface area contributed by atoms with Crippen molar-refractivity contribution in [3.8, 4) is 11.4 Å². The minimum Gasteiger partial charge on any atom is -0.393 e. The van der Waals surface area contributed by atoms with E-state index >= 15 is 0 Å². The summed E-state index contributed by atoms with van der Waals surface area (Å²) in [6, 6.07) is 6.52. The Hall–Kier alpha value is -1.81. The maximum absolute atomic E-state index is 13.6. The quantitative estimate of drug-likeness (QED) is 0.789. The van der Waals surface area contributed by atoms with Gasteiger partial charge in [-0.2, -0.15) is 0 Å². The van der Waals surface area contributed by atoms with Crippen LogP contribution in [0.15, 0.2) is 36.7 Å². The van der Waals surface area contributed by atoms with Crippen molar-refractivity contribution in [2.75, 3.05) is 0 Å². The predicted octanol–water partition coefficient (Wildman–Crippen LogP) is 3.77. The monoisotopic (exact) mass is 288 g/mol. The van der Waals surface area contributed by atoms with Gasteiger partial charge in [0.05, 0.1) is 11.7 Å². The molecule has 112 valence electrons. The molecule has 4 heteroatoms. The van der Waals surface area contributed by atoms with Crippen LogP contribution in [0.5, 0.6) is 0 Å². The topological polar surface area (TPSA) is 46.0 Å². The summed E-state index contributed by atoms with van der Waals surface area (Å²) in [7, 11) is 0. The molecule has 2 rings (SSSR count). The Morgan fingerprint density at radius 2 is 1.81 bits per heavy atom. The van der Waals surface area contributed by atoms with Crippen molar-refractivity contribution in [1.82, 2.24) is 9.97 Å². The number of rotatable bonds is 7. The highest BCUT2D eigenvalue weighted by Gasteiger charge is 2.06. The molecular weight excluding hydrogens is 267 g/mol. The van der Waals surface area contributed by atoms with Crippen LogP contribution in [0.2, 0.25) is 0 Å². The SMILES string of the molecule is CC(O)CCCCCc1cnc(-c2ccccc2F)nc1. The standard InChI is InChI=1S/C17H21FN2O/c1-13(21)7-3-2-4-8-14-11-19-17(20-12-14)15-9-5-6-10-16(15)18/h5-6,9-13,21H,2-4,7-8H2,1H3. The van der Waals surface area contributed by atoms with Gasteiger partial charge >= 0.3 is 0 Å². The molecule has 1 heterocycles. The van der Waals surface area contributed by atoms with Crippen LogP contribution in [0, 0.1) is 5.82 Å². The molecular formula is C17H21FN2O. The molecule has 0 bridgehead atoms. The first-order valence-corrected chi connectivity index (χ1v) is 7.40. The lowest BCUT2D eigenvalue weighted by Gasteiger charge is -2.05. The maximum Gasteiger partial charge on any atom is 0.162 e. The molecule has 0 saturated carbocycles. The first-order valence-electron chi connectivity index (χ1n) is 7.40. The van der Waals surface area contributed by atoms with Gasteiger partial charge in [-0.05, 0) is 43.9 Å². The zero-order valence-corrected chi connectivity index (χ0v) is 12.3. The third-order valence-corrected chi connectivity index (χ3v) is 3.41. The van der Waals surface area contributed by atoms with Gasteiger partial charge in [-0.1, -0.05) is 25.0 Å². The van der Waals surface area contributed by atoms with E-state index in [1.165, 1.54) is 6.07 Å². The first kappa shape index (κ1) is 15.6. The highest BCUT2D eigenvalue weighted by molar-refractivity contribution is 5.55. The Morgan fingerprint density at radius 1 is 1.10 bits per heavy atom. The minimum absolute atomic E-state index is 0.214. The van der Waals surface area contributed by atoms with Gasteiger partial charge in [-0.25, -0.2) is 14.4 Å². The molecule has 1 aromatic heterocycles. The van der Waals surface area contributed by atoms with Crippen molar-refractivity contribution < 1.29 is 9.50 Å². The van der Waals surface area contributed by atoms with Gasteiger partial charge in [0.2, 0.25) is 0 Å². The molecule has 0 saturated heterocycles. The molecule has 21 heavy (non-hydrogen) atoms. The molecule has 1 N–H and O–H groups in total. The molecule has 0 radical (unpaired) electrons. The summed E-state index contributed by atoms with van der Waals surface area (Å²) in [5, 5.41) is 9.18. The second-order valence-electron chi connectivity index (χ2n) is 5.34. The van der Waals surface area contributed by atoms with Crippen molar-refractivity contribution in [3.05, 3.63) is 48.0 Å². The van der Waals surface area contributed by atoms with Gasteiger partial charge in [0, 0.05) is 12.4 Å². The lowest BCUT2D eigenvalue weighted by Crippen LogP contribution is -1.99. The maximum atomic E-state index is 13.6. The summed E-state index contributed by atoms with van der Waals surface area (Å²) in [6.45, 7) is 1.81. The van der Waals surface area contributed by atoms with Crippen LogP contribution in [0.3, 0.4) is 0 Å². The smallest absolute Gasteiger partial charge is 0.162 e. The van der Waals surface area contributed by atoms with Crippen LogP contribution >= 0.6 is 0 Å². The van der Waals surface area contributed by atoms with Gasteiger partial charge in [0.15, 0.2) is 5.82 Å². The van der Waals surface area contributed by atoms with Crippen LogP contribution in [0.1, 0.15) is 38.2 Å². The first-order chi connectivity index (χ1) is 10.2. The minimum atomic E-state index is -0.302. The van der Waals surface area contributed by atoms with Gasteiger partial charge in [0.1, 0.15) is 5.82 Å². The molecule has 0 aliphatic rings. The van der Waals surface area contributed by atoms with Gasteiger partial charge in [-0.15, -0.1) is 0 Å². The lowest BCUT2D eigenvalue weighted by atomic mass is 10.1. The summed E-state index contributed by atoms with van der Waals surface area (Å²) in [4.78, 5) is 8.49. The third kappa shape index (κ3) is 4.90. The van der Waals surface area contributed by atoms with Crippen LogP contribution in [0.4, 0.5) is 4.39 Å². The second kappa shape index (κ2) is 7.84. The number of unbranched alkanes of at least 4 members (excludes halogenated alkanes) is 2. The number of nitrogens with zero attached hydrogens (tertiary/aromatic N) is 2. The van der Waals surface area contributed by atoms with E-state index in [9.17, 15) is 9.50 Å². The number of aromatic nitrogens is 2. The number of hydrogen-bond acceptors (Lipinski definition) is 3. The second-order valence-corrected chi connectivity index (χ2v) is 5.34. The fourth-order valence-electron chi connectivity index (χ4n) is 2.21. The summed E-state index contributed by atoms with van der Waals surface area (Å²) in [6.07, 6.45) is 8.25. The van der Waals surface area contributed by atoms with E-state index in [1.807, 2.05) is 6.92 Å². The number of hydrogen-bond donors (Lipinski definition) is 1. The Kier molecular flexibility index (Phi) is 5.81. The average Bonchev–Trinajstić information content (AvgIpc) is 2.48. The molecule has 2 aromatic rings. The normalized spacial score (nSPS) is 12.3. The Labute approximate surface area is 124 Å². The lowest BCUT2D eigenvalue weighted by molar-refractivity contribution is 0.180. The van der Waals surface area contributed by atoms with Gasteiger partial charge < -0.3 is 5.11 Å². The van der Waals surface area contributed by atoms with Gasteiger partial charge in [0.25, 0.3) is 0 Å². The summed E-state index contributed by atoms with van der Waals surface area (Å²) >= 11 is 0. The fraction of sp³-hybridized carbons (Fsp3) is 0.412. The fourth-order valence-corrected chi connectivity index (χ4v) is 2.21. The molecule has 3 nitrogen and oxygen atoms in total. The molecule has 0 fully saturated rings. The Balaban J connectivity index is 1.86. The summed E-state index contributed by atoms with van der Waals surface area (Å²) in [5.74, 6) is 0.120. The van der Waals surface area contributed by atoms with E-state index in [1.54, 1.807) is 30.6 Å². The Morgan fingerprint density at radius 3 is 2.48 bits per heavy atom. The highest BCUT2D eigenvalue weighted by Crippen LogP contribution is 2.18. The number of halogens is 1. The van der Waals surface area contributed by atoms with Gasteiger partial charge in [-0.3, -0.25) is 0 Å². The molecule has 1 unspecified atom stereocenters. The number of aliphatic hydroxyl groups excluding tert-OH is 1. The summed E-state index contributed by atoms with van der Waals surface area (Å²) in [5.41, 5.74) is 1.49. The third-order valence-electron chi connectivity index (χ3n) is 3.41. The van der Waals surface area contributed by atoms with Crippen molar-refractivity contribution in [2.45, 2.75) is 45.1 Å². The average molecular weight is 288 g/mol. The van der Waals surface area contributed by atoms with E-state index in [0.29, 0.717) is 11.4 Å². The zero-order chi connectivity index (χ0) is 15.1. The predicted molar refractivity (Wildman–Crippen MR) is 81.3 cm³/mol. The summed E-state index contributed by atoms with van der Waals surface area (Å²) < 4.78 is 13.6. The zero-order valence-electron chi connectivity index (χ0n) is 12.3. The number of aliphatic hydroxyl groups is 1. The van der Waals surface area contributed by atoms with E-state index in [4.69, 9.17) is 0 Å².